The molecule has 0 radical (unpaired) electrons. The highest BCUT2D eigenvalue weighted by molar-refractivity contribution is 7.89. The lowest BCUT2D eigenvalue weighted by Gasteiger charge is -2.16. The van der Waals surface area contributed by atoms with Crippen LogP contribution in [0.2, 0.25) is 0 Å². The van der Waals surface area contributed by atoms with Crippen LogP contribution in [-0.4, -0.2) is 69.2 Å². The Labute approximate surface area is 160 Å². The number of likely N-dealkylation sites (tertiary alicyclic amines) is 1. The van der Waals surface area contributed by atoms with E-state index in [-0.39, 0.29) is 36.3 Å². The summed E-state index contributed by atoms with van der Waals surface area (Å²) < 4.78 is 25.8. The number of benzene rings is 1. The SMILES string of the molecule is C=CCN(C)S(=O)(=O)c1ccc(NCC(=O)NCC(=O)N2CCCC2)cc1. The highest BCUT2D eigenvalue weighted by Gasteiger charge is 2.20. The number of likely N-dealkylation sites (N-methyl/N-ethyl adjacent to an activating group) is 1. The molecule has 27 heavy (non-hydrogen) atoms. The van der Waals surface area contributed by atoms with Gasteiger partial charge in [-0.05, 0) is 37.1 Å². The Balaban J connectivity index is 1.81. The molecule has 1 fully saturated rings. The van der Waals surface area contributed by atoms with Gasteiger partial charge in [0.25, 0.3) is 0 Å². The van der Waals surface area contributed by atoms with Crippen molar-refractivity contribution >= 4 is 27.5 Å². The van der Waals surface area contributed by atoms with Gasteiger partial charge >= 0.3 is 0 Å². The molecule has 1 aliphatic heterocycles. The number of anilines is 1. The van der Waals surface area contributed by atoms with Crippen LogP contribution in [0.5, 0.6) is 0 Å². The maximum atomic E-state index is 12.3. The van der Waals surface area contributed by atoms with E-state index in [9.17, 15) is 18.0 Å². The van der Waals surface area contributed by atoms with Crippen molar-refractivity contribution in [2.75, 3.05) is 45.1 Å². The molecule has 2 amide bonds. The van der Waals surface area contributed by atoms with Gasteiger partial charge in [-0.3, -0.25) is 9.59 Å². The van der Waals surface area contributed by atoms with Gasteiger partial charge in [0, 0.05) is 32.4 Å². The summed E-state index contributed by atoms with van der Waals surface area (Å²) in [6.07, 6.45) is 3.53. The molecule has 2 rings (SSSR count). The molecule has 1 heterocycles. The van der Waals surface area contributed by atoms with Gasteiger partial charge in [0.2, 0.25) is 21.8 Å². The Kier molecular flexibility index (Phi) is 7.37. The highest BCUT2D eigenvalue weighted by atomic mass is 32.2. The van der Waals surface area contributed by atoms with Gasteiger partial charge < -0.3 is 15.5 Å². The minimum atomic E-state index is -3.56. The molecule has 8 nitrogen and oxygen atoms in total. The van der Waals surface area contributed by atoms with E-state index >= 15 is 0 Å². The van der Waals surface area contributed by atoms with Crippen molar-refractivity contribution in [2.45, 2.75) is 17.7 Å². The molecule has 1 aromatic rings. The lowest BCUT2D eigenvalue weighted by atomic mass is 10.3. The maximum Gasteiger partial charge on any atom is 0.243 e. The van der Waals surface area contributed by atoms with Crippen LogP contribution in [-0.2, 0) is 19.6 Å². The van der Waals surface area contributed by atoms with E-state index in [4.69, 9.17) is 0 Å². The molecule has 148 valence electrons. The molecule has 0 atom stereocenters. The predicted molar refractivity (Wildman–Crippen MR) is 104 cm³/mol. The Morgan fingerprint density at radius 3 is 2.41 bits per heavy atom. The van der Waals surface area contributed by atoms with Crippen molar-refractivity contribution in [1.82, 2.24) is 14.5 Å². The van der Waals surface area contributed by atoms with Crippen molar-refractivity contribution in [1.29, 1.82) is 0 Å². The Morgan fingerprint density at radius 2 is 1.81 bits per heavy atom. The van der Waals surface area contributed by atoms with E-state index in [1.807, 2.05) is 0 Å². The quantitative estimate of drug-likeness (QED) is 0.599. The molecule has 0 saturated carbocycles. The van der Waals surface area contributed by atoms with Gasteiger partial charge in [-0.2, -0.15) is 4.31 Å². The smallest absolute Gasteiger partial charge is 0.243 e. The summed E-state index contributed by atoms with van der Waals surface area (Å²) in [4.78, 5) is 25.7. The topological polar surface area (TPSA) is 98.8 Å². The number of nitrogens with zero attached hydrogens (tertiary/aromatic N) is 2. The van der Waals surface area contributed by atoms with Crippen LogP contribution in [0, 0.1) is 0 Å². The van der Waals surface area contributed by atoms with Crippen LogP contribution < -0.4 is 10.6 Å². The third-order valence-corrected chi connectivity index (χ3v) is 6.13. The molecular formula is C18H26N4O4S. The van der Waals surface area contributed by atoms with Crippen LogP contribution in [0.1, 0.15) is 12.8 Å². The molecule has 2 N–H and O–H groups in total. The Bertz CT molecular complexity index is 771. The third kappa shape index (κ3) is 5.80. The first-order valence-electron chi connectivity index (χ1n) is 8.80. The number of amides is 2. The molecule has 1 aliphatic rings. The molecule has 0 spiro atoms. The second-order valence-electron chi connectivity index (χ2n) is 6.32. The summed E-state index contributed by atoms with van der Waals surface area (Å²) in [6, 6.07) is 6.15. The van der Waals surface area contributed by atoms with Crippen LogP contribution >= 0.6 is 0 Å². The Hall–Kier alpha value is -2.39. The molecule has 0 unspecified atom stereocenters. The number of sulfonamides is 1. The van der Waals surface area contributed by atoms with Gasteiger partial charge in [-0.25, -0.2) is 8.42 Å². The van der Waals surface area contributed by atoms with Crippen molar-refractivity contribution in [2.24, 2.45) is 0 Å². The van der Waals surface area contributed by atoms with Crippen molar-refractivity contribution in [3.63, 3.8) is 0 Å². The van der Waals surface area contributed by atoms with E-state index in [2.05, 4.69) is 17.2 Å². The maximum absolute atomic E-state index is 12.3. The number of carbonyl (C=O) groups is 2. The van der Waals surface area contributed by atoms with Crippen molar-refractivity contribution in [3.05, 3.63) is 36.9 Å². The van der Waals surface area contributed by atoms with Crippen molar-refractivity contribution in [3.8, 4) is 0 Å². The highest BCUT2D eigenvalue weighted by Crippen LogP contribution is 2.17. The van der Waals surface area contributed by atoms with E-state index < -0.39 is 10.0 Å². The van der Waals surface area contributed by atoms with Crippen LogP contribution in [0.25, 0.3) is 0 Å². The van der Waals surface area contributed by atoms with E-state index in [0.29, 0.717) is 5.69 Å². The summed E-state index contributed by atoms with van der Waals surface area (Å²) in [5.41, 5.74) is 0.612. The predicted octanol–water partition coefficient (Wildman–Crippen LogP) is 0.644. The fourth-order valence-electron chi connectivity index (χ4n) is 2.70. The second kappa shape index (κ2) is 9.52. The van der Waals surface area contributed by atoms with E-state index in [1.165, 1.54) is 29.6 Å². The first-order valence-corrected chi connectivity index (χ1v) is 10.2. The summed E-state index contributed by atoms with van der Waals surface area (Å²) in [5, 5.41) is 5.50. The normalized spacial score (nSPS) is 14.2. The Morgan fingerprint density at radius 1 is 1.19 bits per heavy atom. The van der Waals surface area contributed by atoms with Crippen LogP contribution in [0.3, 0.4) is 0 Å². The zero-order chi connectivity index (χ0) is 19.9. The largest absolute Gasteiger partial charge is 0.376 e. The minimum absolute atomic E-state index is 0.00422. The van der Waals surface area contributed by atoms with E-state index in [1.54, 1.807) is 17.0 Å². The standard InChI is InChI=1S/C18H26N4O4S/c1-3-10-21(2)27(25,26)16-8-6-15(7-9-16)19-13-17(23)20-14-18(24)22-11-4-5-12-22/h3,6-9,19H,1,4-5,10-14H2,2H3,(H,20,23). The summed E-state index contributed by atoms with van der Waals surface area (Å²) in [5.74, 6) is -0.371. The molecule has 9 heteroatoms. The summed E-state index contributed by atoms with van der Waals surface area (Å²) in [6.45, 7) is 5.25. The number of nitrogens with one attached hydrogen (secondary N) is 2. The van der Waals surface area contributed by atoms with Gasteiger partial charge in [0.1, 0.15) is 0 Å². The summed E-state index contributed by atoms with van der Waals surface area (Å²) in [7, 11) is -2.08. The van der Waals surface area contributed by atoms with Crippen LogP contribution in [0.4, 0.5) is 5.69 Å². The number of rotatable bonds is 9. The van der Waals surface area contributed by atoms with Crippen molar-refractivity contribution < 1.29 is 18.0 Å². The average Bonchev–Trinajstić information content (AvgIpc) is 3.19. The lowest BCUT2D eigenvalue weighted by molar-refractivity contribution is -0.131. The number of hydrogen-bond acceptors (Lipinski definition) is 5. The average molecular weight is 394 g/mol. The molecule has 0 aliphatic carbocycles. The molecular weight excluding hydrogens is 368 g/mol. The summed E-state index contributed by atoms with van der Waals surface area (Å²) >= 11 is 0. The zero-order valence-electron chi connectivity index (χ0n) is 15.5. The molecule has 0 aromatic heterocycles. The monoisotopic (exact) mass is 394 g/mol. The number of hydrogen-bond donors (Lipinski definition) is 2. The van der Waals surface area contributed by atoms with Gasteiger partial charge in [0.05, 0.1) is 18.0 Å². The first kappa shape index (κ1) is 20.9. The van der Waals surface area contributed by atoms with Gasteiger partial charge in [-0.1, -0.05) is 6.08 Å². The first-order chi connectivity index (χ1) is 12.8. The van der Waals surface area contributed by atoms with Gasteiger partial charge in [-0.15, -0.1) is 6.58 Å². The fraction of sp³-hybridized carbons (Fsp3) is 0.444. The van der Waals surface area contributed by atoms with Gasteiger partial charge in [0.15, 0.2) is 0 Å². The number of carbonyl (C=O) groups excluding carboxylic acids is 2. The fourth-order valence-corrected chi connectivity index (χ4v) is 3.84. The zero-order valence-corrected chi connectivity index (χ0v) is 16.3. The molecule has 1 aromatic carbocycles. The molecule has 0 bridgehead atoms. The minimum Gasteiger partial charge on any atom is -0.376 e. The van der Waals surface area contributed by atoms with Crippen LogP contribution in [0.15, 0.2) is 41.8 Å². The third-order valence-electron chi connectivity index (χ3n) is 4.30. The lowest BCUT2D eigenvalue weighted by Crippen LogP contribution is -2.40. The van der Waals surface area contributed by atoms with E-state index in [0.717, 1.165) is 25.9 Å². The second-order valence-corrected chi connectivity index (χ2v) is 8.36. The molecule has 1 saturated heterocycles.